The third-order valence-corrected chi connectivity index (χ3v) is 6.36. The zero-order valence-electron chi connectivity index (χ0n) is 36.0. The summed E-state index contributed by atoms with van der Waals surface area (Å²) in [5, 5.41) is 37.6. The molecule has 0 atom stereocenters. The highest BCUT2D eigenvalue weighted by Crippen LogP contribution is 1.96. The van der Waals surface area contributed by atoms with E-state index in [0.717, 1.165) is 70.8 Å². The summed E-state index contributed by atoms with van der Waals surface area (Å²) in [7, 11) is 5.56. The molecule has 3 aromatic rings. The van der Waals surface area contributed by atoms with Gasteiger partial charge in [-0.15, -0.1) is 5.10 Å². The third kappa shape index (κ3) is 32.2. The molecule has 24 heteroatoms. The van der Waals surface area contributed by atoms with Gasteiger partial charge in [-0.05, 0) is 86.2 Å². The first-order valence-electron chi connectivity index (χ1n) is 18.5. The van der Waals surface area contributed by atoms with Crippen LogP contribution in [0.3, 0.4) is 0 Å². The van der Waals surface area contributed by atoms with Crippen LogP contribution in [0.15, 0.2) is 115 Å². The van der Waals surface area contributed by atoms with Gasteiger partial charge in [0, 0.05) is 72.2 Å². The Bertz CT molecular complexity index is 1680. The van der Waals surface area contributed by atoms with Crippen molar-refractivity contribution in [3.8, 4) is 0 Å². The van der Waals surface area contributed by atoms with E-state index >= 15 is 0 Å². The summed E-state index contributed by atoms with van der Waals surface area (Å²) >= 11 is 0. The standard InChI is InChI=1S/C5H7N.C4H5BN.3C4H6N2.2C3H4BN2.3C3H5N3/c1-5-3-2-4-6-5;1-4-5-2-3-6-4;1-4-2-5-3-6-4;1-4-5-2-3-6-4;1-4-2-3-5-6-4;1-3-4-6-2-5-3;3*1-3-4-2-5-6-3;1-3-2-4-6-5-3/h2,4H,3H2,1H3;2-3H,1H3;3H,2H2,1H3;2-3H,1H3,(H,5,6);3H,2H2,1H3;2*2H,1H3;2*2H,1H3,(H,4,5,6);2H2,1H3. The number of hydrogen-bond acceptors (Lipinski definition) is 18. The van der Waals surface area contributed by atoms with E-state index in [2.05, 4.69) is 112 Å². The lowest BCUT2D eigenvalue weighted by atomic mass is 9.75. The summed E-state index contributed by atoms with van der Waals surface area (Å²) in [6.07, 6.45) is 20.8. The summed E-state index contributed by atoms with van der Waals surface area (Å²) in [6.45, 7) is 20.8. The van der Waals surface area contributed by atoms with Crippen molar-refractivity contribution in [2.24, 2.45) is 65.7 Å². The van der Waals surface area contributed by atoms with Crippen molar-refractivity contribution in [1.29, 1.82) is 0 Å². The maximum absolute atomic E-state index is 3.97. The molecule has 7 aliphatic heterocycles. The molecule has 3 radical (unpaired) electrons. The van der Waals surface area contributed by atoms with Crippen LogP contribution in [-0.2, 0) is 0 Å². The molecule has 0 saturated carbocycles. The second kappa shape index (κ2) is 34.2. The molecule has 0 spiro atoms. The Hall–Kier alpha value is -6.87. The second-order valence-corrected chi connectivity index (χ2v) is 12.3. The number of imidazole rings is 1. The molecule has 0 fully saturated rings. The molecule has 0 amide bonds. The van der Waals surface area contributed by atoms with Crippen LogP contribution < -0.4 is 0 Å². The Morgan fingerprint density at radius 2 is 1.33 bits per heavy atom. The Labute approximate surface area is 354 Å². The molecule has 10 heterocycles. The highest BCUT2D eigenvalue weighted by molar-refractivity contribution is 6.95. The van der Waals surface area contributed by atoms with Gasteiger partial charge in [-0.2, -0.15) is 35.7 Å². The fraction of sp³-hybridized carbons (Fsp3) is 0.389. The highest BCUT2D eigenvalue weighted by Gasteiger charge is 1.95. The average Bonchev–Trinajstić information content (AvgIpc) is 4.06. The van der Waals surface area contributed by atoms with E-state index in [9.17, 15) is 0 Å². The normalized spacial score (nSPS) is 15.2. The van der Waals surface area contributed by atoms with Gasteiger partial charge in [0.25, 0.3) is 0 Å². The number of aromatic amines is 3. The molecule has 0 aromatic carbocycles. The summed E-state index contributed by atoms with van der Waals surface area (Å²) in [4.78, 5) is 37.4. The molecule has 0 aliphatic carbocycles. The Morgan fingerprint density at radius 3 is 1.48 bits per heavy atom. The van der Waals surface area contributed by atoms with Crippen LogP contribution in [0.1, 0.15) is 78.8 Å². The molecule has 0 unspecified atom stereocenters. The molecule has 7 aliphatic rings. The highest BCUT2D eigenvalue weighted by atomic mass is 15.4. The maximum Gasteiger partial charge on any atom is 0.330 e. The first-order valence-corrected chi connectivity index (χ1v) is 18.5. The fourth-order valence-corrected chi connectivity index (χ4v) is 3.30. The number of aromatic nitrogens is 8. The van der Waals surface area contributed by atoms with E-state index in [1.165, 1.54) is 24.7 Å². The predicted molar refractivity (Wildman–Crippen MR) is 251 cm³/mol. The molecule has 3 N–H and O–H groups in total. The van der Waals surface area contributed by atoms with Gasteiger partial charge in [0.15, 0.2) is 0 Å². The number of hydrogen-bond donors (Lipinski definition) is 3. The topological polar surface area (TPSA) is 272 Å². The Morgan fingerprint density at radius 1 is 0.583 bits per heavy atom. The number of allylic oxidation sites excluding steroid dienone is 1. The van der Waals surface area contributed by atoms with Crippen molar-refractivity contribution < 1.29 is 0 Å². The summed E-state index contributed by atoms with van der Waals surface area (Å²) in [6, 6.07) is 0. The van der Waals surface area contributed by atoms with Gasteiger partial charge in [0.1, 0.15) is 43.0 Å². The zero-order chi connectivity index (χ0) is 44.1. The summed E-state index contributed by atoms with van der Waals surface area (Å²) in [5.74, 6) is 4.61. The van der Waals surface area contributed by atoms with E-state index in [1.807, 2.05) is 96.0 Å². The van der Waals surface area contributed by atoms with Gasteiger partial charge < -0.3 is 9.89 Å². The minimum absolute atomic E-state index is 0.694. The molecule has 0 bridgehead atoms. The third-order valence-electron chi connectivity index (χ3n) is 6.36. The Balaban J connectivity index is 0.000000333. The van der Waals surface area contributed by atoms with Crippen LogP contribution in [0.25, 0.3) is 0 Å². The van der Waals surface area contributed by atoms with Crippen LogP contribution in [0.4, 0.5) is 0 Å². The van der Waals surface area contributed by atoms with Crippen LogP contribution in [0.2, 0.25) is 0 Å². The number of rotatable bonds is 0. The summed E-state index contributed by atoms with van der Waals surface area (Å²) < 4.78 is 0. The van der Waals surface area contributed by atoms with Crippen molar-refractivity contribution in [3.63, 3.8) is 0 Å². The lowest BCUT2D eigenvalue weighted by Gasteiger charge is -1.76. The molecule has 60 heavy (non-hydrogen) atoms. The monoisotopic (exact) mass is 813 g/mol. The van der Waals surface area contributed by atoms with E-state index in [4.69, 9.17) is 0 Å². The molecule has 21 nitrogen and oxygen atoms in total. The van der Waals surface area contributed by atoms with Gasteiger partial charge in [-0.25, -0.2) is 19.9 Å². The van der Waals surface area contributed by atoms with Gasteiger partial charge in [-0.1, -0.05) is 12.1 Å². The average molecular weight is 812 g/mol. The molecular formula is C36H53B3N21. The molecule has 311 valence electrons. The number of aryl methyl sites for hydroxylation is 3. The van der Waals surface area contributed by atoms with Crippen molar-refractivity contribution >= 4 is 86.7 Å². The lowest BCUT2D eigenvalue weighted by molar-refractivity contribution is 1.04. The number of aliphatic imine (C=N–C) groups is 5. The first-order chi connectivity index (χ1) is 28.9. The van der Waals surface area contributed by atoms with Crippen LogP contribution in [0, 0.1) is 20.8 Å². The van der Waals surface area contributed by atoms with Crippen molar-refractivity contribution in [1.82, 2.24) is 40.3 Å². The van der Waals surface area contributed by atoms with Crippen LogP contribution in [-0.4, -0.2) is 140 Å². The number of H-pyrrole nitrogens is 3. The van der Waals surface area contributed by atoms with Crippen molar-refractivity contribution in [3.05, 3.63) is 67.0 Å². The SMILES string of the molecule is CC1=NC=CC1.CC1=NC=C[B]1.CC1=NC=NC1.CC1=NC=N[B]1.CC1=NN=CC1.CC1=NN=C[B]1.CC1=NN=NC1.Cc1ncc[nH]1.Cc1ncn[nH]1.Cc1ncn[nH]1. The van der Waals surface area contributed by atoms with Crippen LogP contribution >= 0.6 is 0 Å². The lowest BCUT2D eigenvalue weighted by Crippen LogP contribution is -1.98. The first kappa shape index (κ1) is 51.2. The smallest absolute Gasteiger partial charge is 0.330 e. The van der Waals surface area contributed by atoms with Crippen molar-refractivity contribution in [2.75, 3.05) is 13.1 Å². The van der Waals surface area contributed by atoms with E-state index < -0.39 is 0 Å². The minimum atomic E-state index is 0.694. The van der Waals surface area contributed by atoms with Crippen LogP contribution in [0.5, 0.6) is 0 Å². The van der Waals surface area contributed by atoms with Gasteiger partial charge in [0.2, 0.25) is 14.6 Å². The molecule has 0 saturated heterocycles. The van der Waals surface area contributed by atoms with Gasteiger partial charge in [0.05, 0.1) is 18.6 Å². The molecular weight excluding hydrogens is 759 g/mol. The number of nitrogens with one attached hydrogen (secondary N) is 3. The largest absolute Gasteiger partial charge is 0.349 e. The van der Waals surface area contributed by atoms with E-state index in [0.29, 0.717) is 6.54 Å². The van der Waals surface area contributed by atoms with E-state index in [-0.39, 0.29) is 0 Å². The second-order valence-electron chi connectivity index (χ2n) is 12.3. The summed E-state index contributed by atoms with van der Waals surface area (Å²) in [5.41, 5.74) is 7.48. The fourth-order valence-electron chi connectivity index (χ4n) is 3.30. The quantitative estimate of drug-likeness (QED) is 0.258. The number of nitrogens with zero attached hydrogens (tertiary/aromatic N) is 18. The van der Waals surface area contributed by atoms with Crippen molar-refractivity contribution in [2.45, 2.75) is 82.1 Å². The predicted octanol–water partition coefficient (Wildman–Crippen LogP) is 5.19. The molecule has 10 rings (SSSR count). The minimum Gasteiger partial charge on any atom is -0.349 e. The Kier molecular flexibility index (Phi) is 29.2. The van der Waals surface area contributed by atoms with E-state index in [1.54, 1.807) is 44.7 Å². The van der Waals surface area contributed by atoms with Gasteiger partial charge in [-0.3, -0.25) is 30.2 Å². The van der Waals surface area contributed by atoms with Gasteiger partial charge >= 0.3 is 7.41 Å². The maximum atomic E-state index is 3.97. The zero-order valence-corrected chi connectivity index (χ0v) is 36.0. The molecule has 3 aromatic heterocycles.